The van der Waals surface area contributed by atoms with E-state index in [2.05, 4.69) is 27.1 Å². The quantitative estimate of drug-likeness (QED) is 0.761. The third kappa shape index (κ3) is 5.62. The Bertz CT molecular complexity index is 754. The number of pyridine rings is 1. The molecule has 0 bridgehead atoms. The Morgan fingerprint density at radius 2 is 1.74 bits per heavy atom. The largest absolute Gasteiger partial charge is 0.354 e. The van der Waals surface area contributed by atoms with Crippen LogP contribution in [0.1, 0.15) is 28.8 Å². The zero-order valence-electron chi connectivity index (χ0n) is 15.7. The second kappa shape index (κ2) is 9.28. The second-order valence-electron chi connectivity index (χ2n) is 6.88. The summed E-state index contributed by atoms with van der Waals surface area (Å²) in [6.45, 7) is 4.47. The van der Waals surface area contributed by atoms with Gasteiger partial charge < -0.3 is 15.1 Å². The summed E-state index contributed by atoms with van der Waals surface area (Å²) in [5.41, 5.74) is 1.60. The van der Waals surface area contributed by atoms with Crippen molar-refractivity contribution in [1.29, 1.82) is 0 Å². The van der Waals surface area contributed by atoms with Crippen molar-refractivity contribution >= 4 is 17.5 Å². The Morgan fingerprint density at radius 1 is 1.00 bits per heavy atom. The molecule has 1 aromatic heterocycles. The van der Waals surface area contributed by atoms with Crippen molar-refractivity contribution in [2.24, 2.45) is 0 Å². The summed E-state index contributed by atoms with van der Waals surface area (Å²) in [6.07, 6.45) is 2.22. The minimum absolute atomic E-state index is 0.0102. The number of ketones is 1. The predicted octanol–water partition coefficient (Wildman–Crippen LogP) is 2.11. The summed E-state index contributed by atoms with van der Waals surface area (Å²) in [6, 6.07) is 13.1. The Kier molecular flexibility index (Phi) is 6.54. The van der Waals surface area contributed by atoms with E-state index in [9.17, 15) is 9.59 Å². The van der Waals surface area contributed by atoms with Crippen LogP contribution in [0.2, 0.25) is 0 Å². The fourth-order valence-corrected chi connectivity index (χ4v) is 3.03. The van der Waals surface area contributed by atoms with E-state index in [-0.39, 0.29) is 24.5 Å². The molecule has 0 spiro atoms. The fraction of sp³-hybridized carbons (Fsp3) is 0.381. The van der Waals surface area contributed by atoms with E-state index in [0.29, 0.717) is 12.1 Å². The van der Waals surface area contributed by atoms with Crippen LogP contribution in [-0.2, 0) is 11.3 Å². The van der Waals surface area contributed by atoms with Crippen molar-refractivity contribution in [2.45, 2.75) is 19.4 Å². The fourth-order valence-electron chi connectivity index (χ4n) is 3.03. The molecule has 6 heteroatoms. The molecule has 0 radical (unpaired) electrons. The van der Waals surface area contributed by atoms with Gasteiger partial charge in [-0.15, -0.1) is 0 Å². The number of nitrogens with zero attached hydrogens (tertiary/aromatic N) is 3. The number of carbonyl (C=O) groups excluding carboxylic acids is 2. The number of likely N-dealkylation sites (N-methyl/N-ethyl adjacent to an activating group) is 1. The molecule has 2 heterocycles. The molecule has 0 unspecified atom stereocenters. The average Bonchev–Trinajstić information content (AvgIpc) is 2.72. The maximum atomic E-state index is 12.0. The molecule has 0 aliphatic carbocycles. The van der Waals surface area contributed by atoms with E-state index in [1.807, 2.05) is 36.5 Å². The van der Waals surface area contributed by atoms with Crippen LogP contribution in [0.15, 0.2) is 48.7 Å². The van der Waals surface area contributed by atoms with E-state index < -0.39 is 0 Å². The first-order chi connectivity index (χ1) is 13.1. The van der Waals surface area contributed by atoms with Crippen molar-refractivity contribution in [1.82, 2.24) is 15.2 Å². The van der Waals surface area contributed by atoms with Crippen molar-refractivity contribution in [3.63, 3.8) is 0 Å². The van der Waals surface area contributed by atoms with Gasteiger partial charge >= 0.3 is 0 Å². The lowest BCUT2D eigenvalue weighted by Gasteiger charge is -2.33. The van der Waals surface area contributed by atoms with Gasteiger partial charge in [0, 0.05) is 57.3 Å². The number of hydrogen-bond donors (Lipinski definition) is 1. The minimum atomic E-state index is -0.123. The number of aromatic nitrogens is 1. The Balaban J connectivity index is 1.41. The van der Waals surface area contributed by atoms with Crippen molar-refractivity contribution in [3.05, 3.63) is 59.8 Å². The van der Waals surface area contributed by atoms with Gasteiger partial charge in [0.05, 0.1) is 0 Å². The standard InChI is InChI=1S/C21H26N4O2/c1-24-11-13-25(14-12-24)20-9-7-17(15-22-20)16-23-21(27)10-8-19(26)18-5-3-2-4-6-18/h2-7,9,15H,8,10-14,16H2,1H3,(H,23,27). The van der Waals surface area contributed by atoms with Crippen LogP contribution in [-0.4, -0.2) is 54.8 Å². The lowest BCUT2D eigenvalue weighted by molar-refractivity contribution is -0.121. The molecular weight excluding hydrogens is 340 g/mol. The van der Waals surface area contributed by atoms with Gasteiger partial charge in [-0.3, -0.25) is 9.59 Å². The Hall–Kier alpha value is -2.73. The molecule has 1 fully saturated rings. The van der Waals surface area contributed by atoms with Crippen molar-refractivity contribution in [3.8, 4) is 0 Å². The first-order valence-corrected chi connectivity index (χ1v) is 9.35. The molecule has 0 atom stereocenters. The normalized spacial score (nSPS) is 14.8. The summed E-state index contributed by atoms with van der Waals surface area (Å²) in [7, 11) is 2.13. The van der Waals surface area contributed by atoms with Crippen LogP contribution in [0.4, 0.5) is 5.82 Å². The van der Waals surface area contributed by atoms with Gasteiger partial charge in [-0.1, -0.05) is 36.4 Å². The van der Waals surface area contributed by atoms with Gasteiger partial charge in [-0.2, -0.15) is 0 Å². The molecule has 1 aromatic carbocycles. The molecule has 1 amide bonds. The van der Waals surface area contributed by atoms with Crippen molar-refractivity contribution < 1.29 is 9.59 Å². The maximum absolute atomic E-state index is 12.0. The molecule has 1 aliphatic heterocycles. The topological polar surface area (TPSA) is 65.5 Å². The molecule has 2 aromatic rings. The molecule has 142 valence electrons. The first kappa shape index (κ1) is 19.0. The SMILES string of the molecule is CN1CCN(c2ccc(CNC(=O)CCC(=O)c3ccccc3)cn2)CC1. The van der Waals surface area contributed by atoms with Gasteiger partial charge in [0.25, 0.3) is 0 Å². The van der Waals surface area contributed by atoms with E-state index in [1.54, 1.807) is 12.1 Å². The zero-order valence-corrected chi connectivity index (χ0v) is 15.7. The van der Waals surface area contributed by atoms with Gasteiger partial charge in [-0.05, 0) is 18.7 Å². The monoisotopic (exact) mass is 366 g/mol. The lowest BCUT2D eigenvalue weighted by atomic mass is 10.1. The molecule has 1 N–H and O–H groups in total. The number of rotatable bonds is 7. The smallest absolute Gasteiger partial charge is 0.220 e. The predicted molar refractivity (Wildman–Crippen MR) is 106 cm³/mol. The molecule has 27 heavy (non-hydrogen) atoms. The van der Waals surface area contributed by atoms with Crippen LogP contribution in [0.25, 0.3) is 0 Å². The van der Waals surface area contributed by atoms with E-state index in [1.165, 1.54) is 0 Å². The first-order valence-electron chi connectivity index (χ1n) is 9.35. The number of nitrogens with one attached hydrogen (secondary N) is 1. The molecule has 0 saturated carbocycles. The highest BCUT2D eigenvalue weighted by molar-refractivity contribution is 5.97. The summed E-state index contributed by atoms with van der Waals surface area (Å²) >= 11 is 0. The maximum Gasteiger partial charge on any atom is 0.220 e. The average molecular weight is 366 g/mol. The van der Waals surface area contributed by atoms with E-state index in [4.69, 9.17) is 0 Å². The van der Waals surface area contributed by atoms with E-state index >= 15 is 0 Å². The Morgan fingerprint density at radius 3 is 2.41 bits per heavy atom. The summed E-state index contributed by atoms with van der Waals surface area (Å²) < 4.78 is 0. The number of hydrogen-bond acceptors (Lipinski definition) is 5. The number of piperazine rings is 1. The molecule has 6 nitrogen and oxygen atoms in total. The van der Waals surface area contributed by atoms with Gasteiger partial charge in [0.15, 0.2) is 5.78 Å². The summed E-state index contributed by atoms with van der Waals surface area (Å²) in [5.74, 6) is 0.845. The molecule has 3 rings (SSSR count). The number of Topliss-reactive ketones (excluding diaryl/α,β-unsaturated/α-hetero) is 1. The second-order valence-corrected chi connectivity index (χ2v) is 6.88. The summed E-state index contributed by atoms with van der Waals surface area (Å²) in [5, 5.41) is 2.86. The van der Waals surface area contributed by atoms with Gasteiger partial charge in [-0.25, -0.2) is 4.98 Å². The van der Waals surface area contributed by atoms with Gasteiger partial charge in [0.1, 0.15) is 5.82 Å². The molecule has 1 aliphatic rings. The van der Waals surface area contributed by atoms with Crippen LogP contribution < -0.4 is 10.2 Å². The number of anilines is 1. The highest BCUT2D eigenvalue weighted by Crippen LogP contribution is 2.13. The van der Waals surface area contributed by atoms with E-state index in [0.717, 1.165) is 37.6 Å². The highest BCUT2D eigenvalue weighted by Gasteiger charge is 2.15. The number of benzene rings is 1. The van der Waals surface area contributed by atoms with Crippen molar-refractivity contribution in [2.75, 3.05) is 38.1 Å². The molecular formula is C21H26N4O2. The lowest BCUT2D eigenvalue weighted by Crippen LogP contribution is -2.44. The third-order valence-corrected chi connectivity index (χ3v) is 4.80. The Labute approximate surface area is 160 Å². The van der Waals surface area contributed by atoms with Gasteiger partial charge in [0.2, 0.25) is 5.91 Å². The van der Waals surface area contributed by atoms with Crippen LogP contribution in [0.3, 0.4) is 0 Å². The van der Waals surface area contributed by atoms with Crippen LogP contribution in [0, 0.1) is 0 Å². The molecule has 1 saturated heterocycles. The summed E-state index contributed by atoms with van der Waals surface area (Å²) in [4.78, 5) is 33.1. The number of amides is 1. The minimum Gasteiger partial charge on any atom is -0.354 e. The zero-order chi connectivity index (χ0) is 19.1. The number of carbonyl (C=O) groups is 2. The van der Waals surface area contributed by atoms with Crippen LogP contribution >= 0.6 is 0 Å². The highest BCUT2D eigenvalue weighted by atomic mass is 16.2. The van der Waals surface area contributed by atoms with Crippen LogP contribution in [0.5, 0.6) is 0 Å². The third-order valence-electron chi connectivity index (χ3n) is 4.80.